The van der Waals surface area contributed by atoms with Crippen LogP contribution in [0.5, 0.6) is 17.2 Å². The summed E-state index contributed by atoms with van der Waals surface area (Å²) in [5.41, 5.74) is 9.04. The zero-order valence-corrected chi connectivity index (χ0v) is 35.5. The summed E-state index contributed by atoms with van der Waals surface area (Å²) >= 11 is 1.23. The molecule has 0 bridgehead atoms. The number of amides is 1. The van der Waals surface area contributed by atoms with E-state index in [1.165, 1.54) is 46.7 Å². The Morgan fingerprint density at radius 3 is 1.92 bits per heavy atom. The number of ether oxygens (including phenoxy) is 3. The predicted octanol–water partition coefficient (Wildman–Crippen LogP) is 5.71. The van der Waals surface area contributed by atoms with Gasteiger partial charge in [-0.05, 0) is 81.2 Å². The maximum Gasteiger partial charge on any atom is 0.404 e. The number of carboxylic acid groups (broad SMARTS) is 1. The van der Waals surface area contributed by atoms with E-state index >= 15 is 8.42 Å². The summed E-state index contributed by atoms with van der Waals surface area (Å²) in [7, 11) is -4.95. The fraction of sp³-hybridized carbons (Fsp3) is 0.195. The minimum absolute atomic E-state index is 0.0417. The number of hydrogen-bond donors (Lipinski definition) is 3. The Balaban J connectivity index is 1.54. The number of hydrogen-bond acceptors (Lipinski definition) is 14. The van der Waals surface area contributed by atoms with Crippen molar-refractivity contribution in [2.24, 2.45) is 0 Å². The Labute approximate surface area is 355 Å². The lowest BCUT2D eigenvalue weighted by molar-refractivity contribution is 0.195. The topological polar surface area (TPSA) is 231 Å². The number of nitrogens with one attached hydrogen (secondary N) is 1. The highest BCUT2D eigenvalue weighted by Crippen LogP contribution is 2.44. The van der Waals surface area contributed by atoms with Gasteiger partial charge in [0, 0.05) is 25.2 Å². The highest BCUT2D eigenvalue weighted by atomic mass is 32.2. The van der Waals surface area contributed by atoms with Crippen molar-refractivity contribution in [2.45, 2.75) is 29.4 Å². The first-order valence-electron chi connectivity index (χ1n) is 18.5. The molecule has 0 unspecified atom stereocenters. The lowest BCUT2D eigenvalue weighted by Gasteiger charge is -2.27. The van der Waals surface area contributed by atoms with Crippen LogP contribution in [0.15, 0.2) is 113 Å². The van der Waals surface area contributed by atoms with Gasteiger partial charge >= 0.3 is 6.09 Å². The first-order chi connectivity index (χ1) is 29.3. The van der Waals surface area contributed by atoms with Gasteiger partial charge in [-0.25, -0.2) is 31.3 Å². The molecule has 0 aliphatic carbocycles. The number of carbonyl (C=O) groups is 1. The largest absolute Gasteiger partial charge is 0.497 e. The van der Waals surface area contributed by atoms with E-state index in [1.54, 1.807) is 92.0 Å². The second-order valence-corrected chi connectivity index (χ2v) is 18.6. The molecule has 20 heteroatoms. The SMILES string of the molecule is COc1ccc(CN(Cc2ccc(OC)cc2)S(=O)(=O)c2c(S(=O)(=O)CCNC(=O)O)ccc(-c3cccc4sc(N)nc34)c2-c2nnnn2Cc2ccc(OC)cc2)cc1. The molecule has 0 saturated heterocycles. The molecule has 17 nitrogen and oxygen atoms in total. The smallest absolute Gasteiger partial charge is 0.404 e. The van der Waals surface area contributed by atoms with Crippen LogP contribution in [0.3, 0.4) is 0 Å². The van der Waals surface area contributed by atoms with E-state index in [9.17, 15) is 18.3 Å². The molecule has 4 N–H and O–H groups in total. The van der Waals surface area contributed by atoms with Gasteiger partial charge in [0.1, 0.15) is 22.1 Å². The third-order valence-corrected chi connectivity index (χ3v) is 14.3. The molecule has 0 aliphatic heterocycles. The minimum Gasteiger partial charge on any atom is -0.497 e. The Hall–Kier alpha value is -6.61. The molecule has 0 radical (unpaired) electrons. The number of aromatic nitrogens is 5. The van der Waals surface area contributed by atoms with Gasteiger partial charge < -0.3 is 30.4 Å². The highest BCUT2D eigenvalue weighted by Gasteiger charge is 2.38. The van der Waals surface area contributed by atoms with Crippen molar-refractivity contribution in [3.63, 3.8) is 0 Å². The zero-order chi connectivity index (χ0) is 43.3. The molecule has 316 valence electrons. The summed E-state index contributed by atoms with van der Waals surface area (Å²) in [6.07, 6.45) is -1.45. The number of nitrogens with two attached hydrogens (primary N) is 1. The van der Waals surface area contributed by atoms with Crippen LogP contribution in [0, 0.1) is 0 Å². The van der Waals surface area contributed by atoms with Crippen molar-refractivity contribution in [3.8, 4) is 39.8 Å². The molecule has 2 aromatic heterocycles. The normalized spacial score (nSPS) is 11.8. The number of anilines is 1. The van der Waals surface area contributed by atoms with Gasteiger partial charge in [-0.1, -0.05) is 65.9 Å². The van der Waals surface area contributed by atoms with Crippen LogP contribution in [0.2, 0.25) is 0 Å². The van der Waals surface area contributed by atoms with Crippen molar-refractivity contribution in [1.82, 2.24) is 34.8 Å². The molecule has 5 aromatic carbocycles. The van der Waals surface area contributed by atoms with Crippen molar-refractivity contribution in [1.29, 1.82) is 0 Å². The van der Waals surface area contributed by atoms with Gasteiger partial charge in [-0.2, -0.15) is 4.31 Å². The number of para-hydroxylation sites is 1. The van der Waals surface area contributed by atoms with Crippen molar-refractivity contribution in [2.75, 3.05) is 39.4 Å². The van der Waals surface area contributed by atoms with E-state index in [0.29, 0.717) is 44.2 Å². The number of nitrogens with zero attached hydrogens (tertiary/aromatic N) is 6. The second-order valence-electron chi connectivity index (χ2n) is 13.5. The van der Waals surface area contributed by atoms with Crippen molar-refractivity contribution in [3.05, 3.63) is 120 Å². The number of rotatable bonds is 17. The Bertz CT molecular complexity index is 2850. The van der Waals surface area contributed by atoms with Crippen LogP contribution < -0.4 is 25.3 Å². The third-order valence-electron chi connectivity index (χ3n) is 9.71. The fourth-order valence-electron chi connectivity index (χ4n) is 6.71. The molecule has 0 aliphatic rings. The van der Waals surface area contributed by atoms with Gasteiger partial charge in [-0.3, -0.25) is 0 Å². The molecule has 0 saturated carbocycles. The fourth-order valence-corrected chi connectivity index (χ4v) is 11.1. The van der Waals surface area contributed by atoms with Gasteiger partial charge in [0.15, 0.2) is 20.8 Å². The van der Waals surface area contributed by atoms with Crippen LogP contribution in [0.4, 0.5) is 9.93 Å². The molecule has 7 rings (SSSR count). The molecule has 7 aromatic rings. The van der Waals surface area contributed by atoms with Gasteiger partial charge in [-0.15, -0.1) is 5.10 Å². The van der Waals surface area contributed by atoms with Gasteiger partial charge in [0.25, 0.3) is 0 Å². The highest BCUT2D eigenvalue weighted by molar-refractivity contribution is 7.93. The van der Waals surface area contributed by atoms with Crippen LogP contribution in [-0.4, -0.2) is 91.2 Å². The van der Waals surface area contributed by atoms with Crippen LogP contribution >= 0.6 is 11.3 Å². The molecule has 0 fully saturated rings. The molecule has 2 heterocycles. The van der Waals surface area contributed by atoms with Crippen molar-refractivity contribution < 1.29 is 40.9 Å². The summed E-state index contributed by atoms with van der Waals surface area (Å²) in [6, 6.07) is 28.7. The Kier molecular flexibility index (Phi) is 12.5. The number of sulfone groups is 1. The second kappa shape index (κ2) is 17.9. The van der Waals surface area contributed by atoms with Crippen LogP contribution in [0.1, 0.15) is 16.7 Å². The van der Waals surface area contributed by atoms with Crippen LogP contribution in [-0.2, 0) is 39.5 Å². The van der Waals surface area contributed by atoms with Gasteiger partial charge in [0.05, 0.1) is 54.3 Å². The summed E-state index contributed by atoms with van der Waals surface area (Å²) in [5, 5.41) is 24.3. The molecule has 0 spiro atoms. The maximum atomic E-state index is 15.9. The number of nitrogen functional groups attached to an aromatic ring is 1. The quantitative estimate of drug-likeness (QED) is 0.0996. The van der Waals surface area contributed by atoms with E-state index < -0.39 is 48.0 Å². The van der Waals surface area contributed by atoms with E-state index in [2.05, 4.69) is 25.8 Å². The summed E-state index contributed by atoms with van der Waals surface area (Å²) in [5.74, 6) is 0.863. The standard InChI is InChI=1S/C41H40N8O9S3/c1-56-29-13-7-26(8-14-29)23-48(24-27-9-15-30(57-2)16-10-27)61(54,55)38-35(60(52,53)22-21-43-41(50)51)20-19-32(33-5-4-6-34-37(33)44-40(42)59-34)36(38)39-45-46-47-49(39)25-28-11-17-31(58-3)18-12-28/h4-20,43H,21-25H2,1-3H3,(H2,42,44)(H,50,51). The Morgan fingerprint density at radius 2 is 1.36 bits per heavy atom. The Morgan fingerprint density at radius 1 is 0.787 bits per heavy atom. The molecular weight excluding hydrogens is 845 g/mol. The lowest BCUT2D eigenvalue weighted by atomic mass is 9.98. The minimum atomic E-state index is -4.93. The van der Waals surface area contributed by atoms with E-state index in [4.69, 9.17) is 19.9 Å². The van der Waals surface area contributed by atoms with Crippen LogP contribution in [0.25, 0.3) is 32.7 Å². The van der Waals surface area contributed by atoms with Gasteiger partial charge in [0.2, 0.25) is 10.0 Å². The average molecular weight is 885 g/mol. The predicted molar refractivity (Wildman–Crippen MR) is 229 cm³/mol. The first kappa shape index (κ1) is 42.5. The number of tetrazole rings is 1. The number of methoxy groups -OCH3 is 3. The van der Waals surface area contributed by atoms with Crippen molar-refractivity contribution >= 4 is 52.6 Å². The first-order valence-corrected chi connectivity index (χ1v) is 22.4. The molecule has 1 amide bonds. The third kappa shape index (κ3) is 9.26. The van der Waals surface area contributed by atoms with E-state index in [0.717, 1.165) is 5.56 Å². The average Bonchev–Trinajstić information content (AvgIpc) is 3.88. The zero-order valence-electron chi connectivity index (χ0n) is 33.0. The summed E-state index contributed by atoms with van der Waals surface area (Å²) in [4.78, 5) is 14.8. The van der Waals surface area contributed by atoms with E-state index in [1.807, 2.05) is 6.07 Å². The maximum absolute atomic E-state index is 15.9. The number of benzene rings is 5. The number of thiazole rings is 1. The summed E-state index contributed by atoms with van der Waals surface area (Å²) < 4.78 is 80.2. The summed E-state index contributed by atoms with van der Waals surface area (Å²) in [6.45, 7) is -0.906. The molecule has 0 atom stereocenters. The monoisotopic (exact) mass is 884 g/mol. The lowest BCUT2D eigenvalue weighted by Crippen LogP contribution is -2.33. The number of sulfonamides is 1. The molecule has 61 heavy (non-hydrogen) atoms. The molecular formula is C41H40N8O9S3. The number of fused-ring (bicyclic) bond motifs is 1. The van der Waals surface area contributed by atoms with E-state index in [-0.39, 0.29) is 41.7 Å².